The highest BCUT2D eigenvalue weighted by Gasteiger charge is 2.09. The van der Waals surface area contributed by atoms with Crippen LogP contribution < -0.4 is 10.6 Å². The van der Waals surface area contributed by atoms with Gasteiger partial charge in [0.1, 0.15) is 0 Å². The Morgan fingerprint density at radius 3 is 2.63 bits per heavy atom. The molecule has 1 fully saturated rings. The van der Waals surface area contributed by atoms with E-state index in [2.05, 4.69) is 27.7 Å². The molecule has 2 rings (SSSR count). The molecule has 1 aromatic carbocycles. The lowest BCUT2D eigenvalue weighted by molar-refractivity contribution is 0.0389. The smallest absolute Gasteiger partial charge is 0.166 e. The van der Waals surface area contributed by atoms with Gasteiger partial charge in [0.15, 0.2) is 5.11 Å². The summed E-state index contributed by atoms with van der Waals surface area (Å²) in [7, 11) is 0. The Kier molecular flexibility index (Phi) is 6.07. The Balaban J connectivity index is 1.57. The third-order valence-electron chi connectivity index (χ3n) is 3.11. The summed E-state index contributed by atoms with van der Waals surface area (Å²) in [4.78, 5) is 2.39. The summed E-state index contributed by atoms with van der Waals surface area (Å²) in [6.07, 6.45) is 0. The van der Waals surface area contributed by atoms with E-state index in [0.717, 1.165) is 51.0 Å². The number of ether oxygens (including phenoxy) is 1. The second-order valence-corrected chi connectivity index (χ2v) is 4.96. The van der Waals surface area contributed by atoms with Crippen LogP contribution in [-0.4, -0.2) is 49.4 Å². The van der Waals surface area contributed by atoms with Gasteiger partial charge < -0.3 is 15.4 Å². The van der Waals surface area contributed by atoms with Gasteiger partial charge in [0, 0.05) is 32.7 Å². The number of benzene rings is 1. The number of rotatable bonds is 5. The zero-order valence-electron chi connectivity index (χ0n) is 11.1. The van der Waals surface area contributed by atoms with E-state index in [-0.39, 0.29) is 0 Å². The summed E-state index contributed by atoms with van der Waals surface area (Å²) in [5.74, 6) is 0. The van der Waals surface area contributed by atoms with Gasteiger partial charge in [-0.3, -0.25) is 4.90 Å². The maximum Gasteiger partial charge on any atom is 0.166 e. The number of thiocarbonyl (C=S) groups is 1. The van der Waals surface area contributed by atoms with Crippen LogP contribution in [0, 0.1) is 0 Å². The van der Waals surface area contributed by atoms with E-state index in [1.165, 1.54) is 5.56 Å². The zero-order chi connectivity index (χ0) is 13.3. The molecule has 0 radical (unpaired) electrons. The summed E-state index contributed by atoms with van der Waals surface area (Å²) >= 11 is 5.25. The second kappa shape index (κ2) is 8.09. The van der Waals surface area contributed by atoms with Gasteiger partial charge in [-0.25, -0.2) is 0 Å². The Bertz CT molecular complexity index is 380. The fourth-order valence-corrected chi connectivity index (χ4v) is 2.17. The maximum atomic E-state index is 5.31. The first-order chi connectivity index (χ1) is 9.34. The topological polar surface area (TPSA) is 36.5 Å². The number of hydrogen-bond acceptors (Lipinski definition) is 3. The van der Waals surface area contributed by atoms with Gasteiger partial charge in [-0.2, -0.15) is 0 Å². The molecule has 0 aliphatic carbocycles. The van der Waals surface area contributed by atoms with Gasteiger partial charge in [-0.1, -0.05) is 30.3 Å². The lowest BCUT2D eigenvalue weighted by atomic mass is 10.2. The molecule has 0 amide bonds. The average Bonchev–Trinajstić information content (AvgIpc) is 2.47. The van der Waals surface area contributed by atoms with Crippen molar-refractivity contribution in [3.8, 4) is 0 Å². The molecular weight excluding hydrogens is 258 g/mol. The third kappa shape index (κ3) is 5.55. The van der Waals surface area contributed by atoms with Crippen LogP contribution in [0.25, 0.3) is 0 Å². The maximum absolute atomic E-state index is 5.31. The quantitative estimate of drug-likeness (QED) is 0.786. The first-order valence-corrected chi connectivity index (χ1v) is 7.11. The van der Waals surface area contributed by atoms with Crippen LogP contribution in [-0.2, 0) is 11.3 Å². The molecule has 1 saturated heterocycles. The molecule has 0 spiro atoms. The Hall–Kier alpha value is -1.17. The van der Waals surface area contributed by atoms with Crippen molar-refractivity contribution in [2.45, 2.75) is 6.54 Å². The van der Waals surface area contributed by atoms with Gasteiger partial charge in [0.2, 0.25) is 0 Å². The van der Waals surface area contributed by atoms with Gasteiger partial charge in [0.05, 0.1) is 13.2 Å². The van der Waals surface area contributed by atoms with Crippen molar-refractivity contribution in [3.63, 3.8) is 0 Å². The number of nitrogens with one attached hydrogen (secondary N) is 2. The van der Waals surface area contributed by atoms with Gasteiger partial charge >= 0.3 is 0 Å². The van der Waals surface area contributed by atoms with E-state index in [9.17, 15) is 0 Å². The molecule has 0 bridgehead atoms. The van der Waals surface area contributed by atoms with Crippen molar-refractivity contribution in [1.29, 1.82) is 0 Å². The minimum absolute atomic E-state index is 0.720. The first kappa shape index (κ1) is 14.2. The van der Waals surface area contributed by atoms with E-state index < -0.39 is 0 Å². The van der Waals surface area contributed by atoms with Crippen LogP contribution in [0.5, 0.6) is 0 Å². The third-order valence-corrected chi connectivity index (χ3v) is 3.40. The fourth-order valence-electron chi connectivity index (χ4n) is 1.99. The minimum Gasteiger partial charge on any atom is -0.379 e. The zero-order valence-corrected chi connectivity index (χ0v) is 11.9. The highest BCUT2D eigenvalue weighted by atomic mass is 32.1. The summed E-state index contributed by atoms with van der Waals surface area (Å²) in [6, 6.07) is 10.3. The van der Waals surface area contributed by atoms with E-state index in [4.69, 9.17) is 17.0 Å². The monoisotopic (exact) mass is 279 g/mol. The molecule has 19 heavy (non-hydrogen) atoms. The largest absolute Gasteiger partial charge is 0.379 e. The van der Waals surface area contributed by atoms with Crippen LogP contribution in [0.2, 0.25) is 0 Å². The van der Waals surface area contributed by atoms with Crippen molar-refractivity contribution in [2.75, 3.05) is 39.4 Å². The molecule has 1 heterocycles. The summed E-state index contributed by atoms with van der Waals surface area (Å²) in [5.41, 5.74) is 1.24. The van der Waals surface area contributed by atoms with Crippen LogP contribution in [0.15, 0.2) is 30.3 Å². The van der Waals surface area contributed by atoms with E-state index in [1.807, 2.05) is 18.2 Å². The van der Waals surface area contributed by atoms with Crippen molar-refractivity contribution < 1.29 is 4.74 Å². The first-order valence-electron chi connectivity index (χ1n) is 6.70. The van der Waals surface area contributed by atoms with Crippen LogP contribution in [0.1, 0.15) is 5.56 Å². The van der Waals surface area contributed by atoms with E-state index >= 15 is 0 Å². The summed E-state index contributed by atoms with van der Waals surface area (Å²) in [6.45, 7) is 6.38. The van der Waals surface area contributed by atoms with Crippen LogP contribution in [0.3, 0.4) is 0 Å². The molecule has 0 unspecified atom stereocenters. The van der Waals surface area contributed by atoms with Gasteiger partial charge in [0.25, 0.3) is 0 Å². The SMILES string of the molecule is S=C(NCCN1CCOCC1)NCc1ccccc1. The molecule has 2 N–H and O–H groups in total. The highest BCUT2D eigenvalue weighted by Crippen LogP contribution is 1.97. The Labute approximate surface area is 120 Å². The second-order valence-electron chi connectivity index (χ2n) is 4.55. The number of nitrogens with zero attached hydrogens (tertiary/aromatic N) is 1. The summed E-state index contributed by atoms with van der Waals surface area (Å²) < 4.78 is 5.31. The molecule has 1 aliphatic heterocycles. The Morgan fingerprint density at radius 1 is 1.16 bits per heavy atom. The fraction of sp³-hybridized carbons (Fsp3) is 0.500. The Morgan fingerprint density at radius 2 is 1.89 bits per heavy atom. The van der Waals surface area contributed by atoms with Crippen molar-refractivity contribution >= 4 is 17.3 Å². The van der Waals surface area contributed by atoms with Crippen molar-refractivity contribution in [3.05, 3.63) is 35.9 Å². The van der Waals surface area contributed by atoms with Gasteiger partial charge in [-0.15, -0.1) is 0 Å². The minimum atomic E-state index is 0.720. The van der Waals surface area contributed by atoms with Crippen LogP contribution >= 0.6 is 12.2 Å². The lowest BCUT2D eigenvalue weighted by Crippen LogP contribution is -2.43. The molecule has 0 atom stereocenters. The van der Waals surface area contributed by atoms with Crippen LogP contribution in [0.4, 0.5) is 0 Å². The molecule has 1 aromatic rings. The molecule has 1 aliphatic rings. The molecule has 104 valence electrons. The van der Waals surface area contributed by atoms with Crippen molar-refractivity contribution in [2.24, 2.45) is 0 Å². The van der Waals surface area contributed by atoms with E-state index in [1.54, 1.807) is 0 Å². The average molecular weight is 279 g/mol. The van der Waals surface area contributed by atoms with Gasteiger partial charge in [-0.05, 0) is 17.8 Å². The highest BCUT2D eigenvalue weighted by molar-refractivity contribution is 7.80. The molecule has 5 heteroatoms. The molecular formula is C14H21N3OS. The van der Waals surface area contributed by atoms with Crippen molar-refractivity contribution in [1.82, 2.24) is 15.5 Å². The normalized spacial score (nSPS) is 16.0. The number of hydrogen-bond donors (Lipinski definition) is 2. The summed E-state index contributed by atoms with van der Waals surface area (Å²) in [5, 5.41) is 7.17. The molecule has 4 nitrogen and oxygen atoms in total. The lowest BCUT2D eigenvalue weighted by Gasteiger charge is -2.26. The predicted molar refractivity (Wildman–Crippen MR) is 81.1 cm³/mol. The van der Waals surface area contributed by atoms with E-state index in [0.29, 0.717) is 0 Å². The molecule has 0 saturated carbocycles. The molecule has 0 aromatic heterocycles. The number of morpholine rings is 1. The predicted octanol–water partition coefficient (Wildman–Crippen LogP) is 0.983. The standard InChI is InChI=1S/C14H21N3OS/c19-14(16-12-13-4-2-1-3-5-13)15-6-7-17-8-10-18-11-9-17/h1-5H,6-12H2,(H2,15,16,19).